The average molecular weight is 242 g/mol. The molecule has 0 amide bonds. The van der Waals surface area contributed by atoms with Gasteiger partial charge in [0, 0.05) is 6.20 Å². The van der Waals surface area contributed by atoms with E-state index in [9.17, 15) is 18.4 Å². The van der Waals surface area contributed by atoms with Crippen molar-refractivity contribution in [1.82, 2.24) is 4.98 Å². The molecule has 17 heavy (non-hydrogen) atoms. The largest absolute Gasteiger partial charge is 0.469 e. The Bertz CT molecular complexity index is 531. The first kappa shape index (κ1) is 12.8. The third-order valence-electron chi connectivity index (χ3n) is 2.13. The van der Waals surface area contributed by atoms with Crippen molar-refractivity contribution in [2.45, 2.75) is 12.8 Å². The molecule has 5 nitrogen and oxygen atoms in total. The minimum atomic E-state index is -3.06. The summed E-state index contributed by atoms with van der Waals surface area (Å²) in [5.74, 6) is -0.797. The summed E-state index contributed by atoms with van der Waals surface area (Å²) in [5.41, 5.74) is -2.35. The number of methoxy groups -OCH3 is 1. The Morgan fingerprint density at radius 3 is 2.76 bits per heavy atom. The number of ether oxygens (including phenoxy) is 1. The molecule has 0 bridgehead atoms. The maximum Gasteiger partial charge on any atom is 0.310 e. The number of carbonyl (C=O) groups is 1. The van der Waals surface area contributed by atoms with Gasteiger partial charge in [-0.15, -0.1) is 0 Å². The van der Waals surface area contributed by atoms with Gasteiger partial charge in [-0.1, -0.05) is 0 Å². The molecule has 0 aliphatic carbocycles. The van der Waals surface area contributed by atoms with E-state index < -0.39 is 29.9 Å². The smallest absolute Gasteiger partial charge is 0.310 e. The van der Waals surface area contributed by atoms with Gasteiger partial charge in [0.15, 0.2) is 0 Å². The number of carbonyl (C=O) groups excluding carboxylic acids is 1. The van der Waals surface area contributed by atoms with Crippen LogP contribution in [0.3, 0.4) is 0 Å². The fraction of sp³-hybridized carbons (Fsp3) is 0.300. The second-order valence-electron chi connectivity index (χ2n) is 3.09. The van der Waals surface area contributed by atoms with Crippen LogP contribution in [0, 0.1) is 11.3 Å². The van der Waals surface area contributed by atoms with Gasteiger partial charge in [0.25, 0.3) is 12.0 Å². The molecule has 7 heteroatoms. The second kappa shape index (κ2) is 5.21. The van der Waals surface area contributed by atoms with E-state index in [2.05, 4.69) is 4.74 Å². The summed E-state index contributed by atoms with van der Waals surface area (Å²) in [6, 6.07) is 1.64. The van der Waals surface area contributed by atoms with Crippen molar-refractivity contribution in [2.24, 2.45) is 0 Å². The standard InChI is InChI=1S/C10H8F2N2O3/c1-17-7(15)2-6-5(3-13)4-14-10(16)8(6)9(11)12/h4,9H,2H2,1H3,(H,14,16). The molecular formula is C10H8F2N2O3. The highest BCUT2D eigenvalue weighted by molar-refractivity contribution is 5.74. The molecule has 90 valence electrons. The summed E-state index contributed by atoms with van der Waals surface area (Å²) < 4.78 is 29.7. The van der Waals surface area contributed by atoms with Gasteiger partial charge in [-0.05, 0) is 5.56 Å². The van der Waals surface area contributed by atoms with Gasteiger partial charge in [-0.2, -0.15) is 5.26 Å². The number of hydrogen-bond donors (Lipinski definition) is 1. The first-order valence-electron chi connectivity index (χ1n) is 4.50. The zero-order valence-electron chi connectivity index (χ0n) is 8.79. The van der Waals surface area contributed by atoms with Gasteiger partial charge in [-0.3, -0.25) is 9.59 Å². The van der Waals surface area contributed by atoms with Crippen LogP contribution in [0.25, 0.3) is 0 Å². The number of nitriles is 1. The quantitative estimate of drug-likeness (QED) is 0.798. The highest BCUT2D eigenvalue weighted by atomic mass is 19.3. The monoisotopic (exact) mass is 242 g/mol. The van der Waals surface area contributed by atoms with Crippen LogP contribution in [0.1, 0.15) is 23.1 Å². The molecule has 1 rings (SSSR count). The summed E-state index contributed by atoms with van der Waals surface area (Å²) in [5, 5.41) is 8.73. The number of halogens is 2. The van der Waals surface area contributed by atoms with Gasteiger partial charge in [0.1, 0.15) is 6.07 Å². The van der Waals surface area contributed by atoms with Gasteiger partial charge in [0.2, 0.25) is 0 Å². The topological polar surface area (TPSA) is 82.9 Å². The number of esters is 1. The minimum absolute atomic E-state index is 0.176. The minimum Gasteiger partial charge on any atom is -0.469 e. The average Bonchev–Trinajstić information content (AvgIpc) is 2.28. The van der Waals surface area contributed by atoms with E-state index in [-0.39, 0.29) is 11.1 Å². The van der Waals surface area contributed by atoms with Crippen LogP contribution < -0.4 is 5.56 Å². The van der Waals surface area contributed by atoms with Crippen LogP contribution in [0.5, 0.6) is 0 Å². The molecule has 0 saturated heterocycles. The molecule has 0 spiro atoms. The van der Waals surface area contributed by atoms with Crippen molar-refractivity contribution >= 4 is 5.97 Å². The fourth-order valence-electron chi connectivity index (χ4n) is 1.32. The van der Waals surface area contributed by atoms with Crippen LogP contribution in [-0.4, -0.2) is 18.1 Å². The Hall–Kier alpha value is -2.23. The van der Waals surface area contributed by atoms with Gasteiger partial charge in [-0.25, -0.2) is 8.78 Å². The Morgan fingerprint density at radius 1 is 1.65 bits per heavy atom. The van der Waals surface area contributed by atoms with E-state index in [4.69, 9.17) is 5.26 Å². The molecule has 1 heterocycles. The van der Waals surface area contributed by atoms with E-state index in [1.54, 1.807) is 6.07 Å². The van der Waals surface area contributed by atoms with Crippen molar-refractivity contribution < 1.29 is 18.3 Å². The van der Waals surface area contributed by atoms with Gasteiger partial charge >= 0.3 is 5.97 Å². The highest BCUT2D eigenvalue weighted by Gasteiger charge is 2.22. The number of hydrogen-bond acceptors (Lipinski definition) is 4. The number of nitrogens with one attached hydrogen (secondary N) is 1. The van der Waals surface area contributed by atoms with Crippen LogP contribution >= 0.6 is 0 Å². The lowest BCUT2D eigenvalue weighted by Crippen LogP contribution is -2.19. The number of pyridine rings is 1. The number of H-pyrrole nitrogens is 1. The van der Waals surface area contributed by atoms with E-state index >= 15 is 0 Å². The summed E-state index contributed by atoms with van der Waals surface area (Å²) in [6.45, 7) is 0. The number of nitrogens with zero attached hydrogens (tertiary/aromatic N) is 1. The Balaban J connectivity index is 3.41. The van der Waals surface area contributed by atoms with Crippen molar-refractivity contribution in [1.29, 1.82) is 5.26 Å². The van der Waals surface area contributed by atoms with Crippen LogP contribution in [0.4, 0.5) is 8.78 Å². The number of aromatic amines is 1. The maximum atomic E-state index is 12.7. The lowest BCUT2D eigenvalue weighted by Gasteiger charge is -2.08. The normalized spacial score (nSPS) is 10.1. The molecule has 0 saturated carbocycles. The summed E-state index contributed by atoms with van der Waals surface area (Å²) in [7, 11) is 1.09. The third-order valence-corrected chi connectivity index (χ3v) is 2.13. The predicted octanol–water partition coefficient (Wildman–Crippen LogP) is 0.900. The van der Waals surface area contributed by atoms with Gasteiger partial charge < -0.3 is 9.72 Å². The first-order valence-corrected chi connectivity index (χ1v) is 4.50. The summed E-state index contributed by atoms with van der Waals surface area (Å²) >= 11 is 0. The highest BCUT2D eigenvalue weighted by Crippen LogP contribution is 2.22. The van der Waals surface area contributed by atoms with Crippen molar-refractivity contribution in [3.05, 3.63) is 33.2 Å². The molecule has 0 aliphatic heterocycles. The fourth-order valence-corrected chi connectivity index (χ4v) is 1.32. The SMILES string of the molecule is COC(=O)Cc1c(C#N)c[nH]c(=O)c1C(F)F. The zero-order valence-corrected chi connectivity index (χ0v) is 8.79. The molecule has 1 N–H and O–H groups in total. The van der Waals surface area contributed by atoms with Crippen molar-refractivity contribution in [3.63, 3.8) is 0 Å². The van der Waals surface area contributed by atoms with Crippen LogP contribution in [0.2, 0.25) is 0 Å². The van der Waals surface area contributed by atoms with Crippen molar-refractivity contribution in [2.75, 3.05) is 7.11 Å². The molecule has 0 aliphatic rings. The molecular weight excluding hydrogens is 234 g/mol. The summed E-state index contributed by atoms with van der Waals surface area (Å²) in [4.78, 5) is 24.3. The van der Waals surface area contributed by atoms with Crippen LogP contribution in [0.15, 0.2) is 11.0 Å². The molecule has 1 aromatic heterocycles. The molecule has 0 radical (unpaired) electrons. The Labute approximate surface area is 94.6 Å². The molecule has 0 atom stereocenters. The summed E-state index contributed by atoms with van der Waals surface area (Å²) in [6.07, 6.45) is -2.61. The number of aromatic nitrogens is 1. The maximum absolute atomic E-state index is 12.7. The first-order chi connectivity index (χ1) is 8.01. The second-order valence-corrected chi connectivity index (χ2v) is 3.09. The van der Waals surface area contributed by atoms with E-state index in [1.165, 1.54) is 0 Å². The lowest BCUT2D eigenvalue weighted by atomic mass is 10.0. The van der Waals surface area contributed by atoms with E-state index in [1.807, 2.05) is 4.98 Å². The lowest BCUT2D eigenvalue weighted by molar-refractivity contribution is -0.139. The number of alkyl halides is 2. The molecule has 0 unspecified atom stereocenters. The molecule has 0 aromatic carbocycles. The van der Waals surface area contributed by atoms with E-state index in [0.717, 1.165) is 13.3 Å². The predicted molar refractivity (Wildman–Crippen MR) is 52.5 cm³/mol. The van der Waals surface area contributed by atoms with Crippen LogP contribution in [-0.2, 0) is 16.0 Å². The number of rotatable bonds is 3. The Kier molecular flexibility index (Phi) is 3.93. The molecule has 1 aromatic rings. The van der Waals surface area contributed by atoms with Gasteiger partial charge in [0.05, 0.1) is 24.7 Å². The third kappa shape index (κ3) is 2.66. The molecule has 0 fully saturated rings. The van der Waals surface area contributed by atoms with Crippen molar-refractivity contribution in [3.8, 4) is 6.07 Å². The zero-order chi connectivity index (χ0) is 13.0. The van der Waals surface area contributed by atoms with E-state index in [0.29, 0.717) is 0 Å². The Morgan fingerprint density at radius 2 is 2.29 bits per heavy atom.